The van der Waals surface area contributed by atoms with Crippen molar-refractivity contribution < 1.29 is 9.59 Å². The molecule has 6 heteroatoms. The fraction of sp³-hybridized carbons (Fsp3) is 0.700. The van der Waals surface area contributed by atoms with E-state index in [-0.39, 0.29) is 17.9 Å². The largest absolute Gasteiger partial charge is 0.340 e. The molecule has 3 heterocycles. The molecule has 26 heavy (non-hydrogen) atoms. The van der Waals surface area contributed by atoms with Crippen molar-refractivity contribution in [3.63, 3.8) is 0 Å². The van der Waals surface area contributed by atoms with Crippen molar-refractivity contribution >= 4 is 11.8 Å². The highest BCUT2D eigenvalue weighted by molar-refractivity contribution is 5.80. The van der Waals surface area contributed by atoms with Gasteiger partial charge in [-0.3, -0.25) is 9.59 Å². The highest BCUT2D eigenvalue weighted by Crippen LogP contribution is 2.22. The van der Waals surface area contributed by atoms with Crippen LogP contribution < -0.4 is 0 Å². The van der Waals surface area contributed by atoms with E-state index in [2.05, 4.69) is 9.97 Å². The maximum atomic E-state index is 12.9. The van der Waals surface area contributed by atoms with Crippen LogP contribution in [0.15, 0.2) is 0 Å². The second kappa shape index (κ2) is 8.14. The SMILES string of the molecule is CCc1nc(C)c(CC(=O)N2CCCC(N3CCCCC3=O)C2)c(C)n1. The molecule has 6 nitrogen and oxygen atoms in total. The summed E-state index contributed by atoms with van der Waals surface area (Å²) in [6.45, 7) is 8.24. The number of aromatic nitrogens is 2. The fourth-order valence-electron chi connectivity index (χ4n) is 4.13. The zero-order valence-corrected chi connectivity index (χ0v) is 16.3. The maximum Gasteiger partial charge on any atom is 0.227 e. The van der Waals surface area contributed by atoms with E-state index in [1.807, 2.05) is 30.6 Å². The average Bonchev–Trinajstić information content (AvgIpc) is 2.64. The summed E-state index contributed by atoms with van der Waals surface area (Å²) >= 11 is 0. The van der Waals surface area contributed by atoms with Crippen molar-refractivity contribution in [3.8, 4) is 0 Å². The van der Waals surface area contributed by atoms with E-state index in [1.54, 1.807) is 0 Å². The standard InChI is InChI=1S/C20H30N4O2/c1-4-18-21-14(2)17(15(3)22-18)12-20(26)23-10-7-8-16(13-23)24-11-6-5-9-19(24)25/h16H,4-13H2,1-3H3. The van der Waals surface area contributed by atoms with E-state index in [9.17, 15) is 9.59 Å². The van der Waals surface area contributed by atoms with E-state index in [0.717, 1.165) is 68.0 Å². The Morgan fingerprint density at radius 1 is 1.12 bits per heavy atom. The molecule has 0 N–H and O–H groups in total. The Balaban J connectivity index is 1.67. The molecule has 0 aromatic carbocycles. The van der Waals surface area contributed by atoms with Gasteiger partial charge in [0.15, 0.2) is 0 Å². The van der Waals surface area contributed by atoms with Crippen LogP contribution in [0.1, 0.15) is 61.8 Å². The molecule has 0 radical (unpaired) electrons. The molecule has 1 aromatic heterocycles. The number of piperidine rings is 2. The highest BCUT2D eigenvalue weighted by atomic mass is 16.2. The normalized spacial score (nSPS) is 21.2. The van der Waals surface area contributed by atoms with Gasteiger partial charge in [0.05, 0.1) is 6.42 Å². The lowest BCUT2D eigenvalue weighted by atomic mass is 9.99. The van der Waals surface area contributed by atoms with Crippen LogP contribution in [-0.4, -0.2) is 57.3 Å². The lowest BCUT2D eigenvalue weighted by Gasteiger charge is -2.41. The summed E-state index contributed by atoms with van der Waals surface area (Å²) in [5.74, 6) is 1.21. The molecule has 2 fully saturated rings. The van der Waals surface area contributed by atoms with Gasteiger partial charge in [0.1, 0.15) is 5.82 Å². The molecule has 1 unspecified atom stereocenters. The summed E-state index contributed by atoms with van der Waals surface area (Å²) in [4.78, 5) is 38.1. The third kappa shape index (κ3) is 4.05. The zero-order chi connectivity index (χ0) is 18.7. The van der Waals surface area contributed by atoms with Crippen LogP contribution in [0.25, 0.3) is 0 Å². The van der Waals surface area contributed by atoms with Crippen molar-refractivity contribution in [1.82, 2.24) is 19.8 Å². The lowest BCUT2D eigenvalue weighted by molar-refractivity contribution is -0.141. The Morgan fingerprint density at radius 2 is 1.85 bits per heavy atom. The van der Waals surface area contributed by atoms with Gasteiger partial charge in [-0.1, -0.05) is 6.92 Å². The minimum atomic E-state index is 0.123. The van der Waals surface area contributed by atoms with Crippen LogP contribution in [0, 0.1) is 13.8 Å². The van der Waals surface area contributed by atoms with E-state index < -0.39 is 0 Å². The number of amides is 2. The van der Waals surface area contributed by atoms with Crippen molar-refractivity contribution in [2.75, 3.05) is 19.6 Å². The van der Waals surface area contributed by atoms with Crippen molar-refractivity contribution in [3.05, 3.63) is 22.8 Å². The van der Waals surface area contributed by atoms with Crippen LogP contribution in [0.5, 0.6) is 0 Å². The van der Waals surface area contributed by atoms with E-state index in [0.29, 0.717) is 19.4 Å². The summed E-state index contributed by atoms with van der Waals surface area (Å²) in [5.41, 5.74) is 2.76. The van der Waals surface area contributed by atoms with Crippen LogP contribution in [-0.2, 0) is 22.4 Å². The van der Waals surface area contributed by atoms with Crippen molar-refractivity contribution in [1.29, 1.82) is 0 Å². The number of nitrogens with zero attached hydrogens (tertiary/aromatic N) is 4. The predicted molar refractivity (Wildman–Crippen MR) is 99.8 cm³/mol. The van der Waals surface area contributed by atoms with Gasteiger partial charge < -0.3 is 9.80 Å². The van der Waals surface area contributed by atoms with Gasteiger partial charge >= 0.3 is 0 Å². The van der Waals surface area contributed by atoms with Crippen LogP contribution in [0.4, 0.5) is 0 Å². The Morgan fingerprint density at radius 3 is 2.50 bits per heavy atom. The van der Waals surface area contributed by atoms with Gasteiger partial charge in [0.2, 0.25) is 11.8 Å². The monoisotopic (exact) mass is 358 g/mol. The minimum absolute atomic E-state index is 0.123. The first-order valence-corrected chi connectivity index (χ1v) is 9.89. The first-order chi connectivity index (χ1) is 12.5. The second-order valence-corrected chi connectivity index (χ2v) is 7.50. The van der Waals surface area contributed by atoms with Gasteiger partial charge in [-0.2, -0.15) is 0 Å². The molecule has 1 atom stereocenters. The summed E-state index contributed by atoms with van der Waals surface area (Å²) < 4.78 is 0. The first-order valence-electron chi connectivity index (χ1n) is 9.89. The van der Waals surface area contributed by atoms with E-state index in [4.69, 9.17) is 0 Å². The quantitative estimate of drug-likeness (QED) is 0.828. The summed E-state index contributed by atoms with van der Waals surface area (Å²) in [6, 6.07) is 0.182. The molecule has 3 rings (SSSR count). The maximum absolute atomic E-state index is 12.9. The summed E-state index contributed by atoms with van der Waals surface area (Å²) in [6.07, 6.45) is 5.85. The molecule has 0 spiro atoms. The number of carbonyl (C=O) groups excluding carboxylic acids is 2. The van der Waals surface area contributed by atoms with Crippen molar-refractivity contribution in [2.24, 2.45) is 0 Å². The molecule has 0 aliphatic carbocycles. The number of carbonyl (C=O) groups is 2. The Hall–Kier alpha value is -1.98. The molecular weight excluding hydrogens is 328 g/mol. The molecule has 0 bridgehead atoms. The molecule has 2 aliphatic heterocycles. The molecular formula is C20H30N4O2. The van der Waals surface area contributed by atoms with Crippen molar-refractivity contribution in [2.45, 2.75) is 71.8 Å². The highest BCUT2D eigenvalue weighted by Gasteiger charge is 2.31. The van der Waals surface area contributed by atoms with E-state index in [1.165, 1.54) is 0 Å². The van der Waals surface area contributed by atoms with Gasteiger partial charge in [0, 0.05) is 55.5 Å². The smallest absolute Gasteiger partial charge is 0.227 e. The summed E-state index contributed by atoms with van der Waals surface area (Å²) in [5, 5.41) is 0. The second-order valence-electron chi connectivity index (χ2n) is 7.50. The Labute approximate surface area is 156 Å². The number of aryl methyl sites for hydroxylation is 3. The van der Waals surface area contributed by atoms with Gasteiger partial charge in [0.25, 0.3) is 0 Å². The number of hydrogen-bond donors (Lipinski definition) is 0. The van der Waals surface area contributed by atoms with Crippen LogP contribution in [0.3, 0.4) is 0 Å². The van der Waals surface area contributed by atoms with E-state index >= 15 is 0 Å². The first kappa shape index (κ1) is 18.8. The molecule has 2 amide bonds. The number of hydrogen-bond acceptors (Lipinski definition) is 4. The topological polar surface area (TPSA) is 66.4 Å². The van der Waals surface area contributed by atoms with Crippen LogP contribution in [0.2, 0.25) is 0 Å². The minimum Gasteiger partial charge on any atom is -0.340 e. The Bertz CT molecular complexity index is 665. The summed E-state index contributed by atoms with van der Waals surface area (Å²) in [7, 11) is 0. The predicted octanol–water partition coefficient (Wildman–Crippen LogP) is 2.20. The average molecular weight is 358 g/mol. The van der Waals surface area contributed by atoms with Crippen LogP contribution >= 0.6 is 0 Å². The molecule has 0 saturated carbocycles. The molecule has 2 saturated heterocycles. The van der Waals surface area contributed by atoms with Gasteiger partial charge in [-0.05, 0) is 39.5 Å². The Kier molecular flexibility index (Phi) is 5.89. The van der Waals surface area contributed by atoms with Gasteiger partial charge in [-0.15, -0.1) is 0 Å². The third-order valence-corrected chi connectivity index (χ3v) is 5.66. The molecule has 1 aromatic rings. The molecule has 2 aliphatic rings. The lowest BCUT2D eigenvalue weighted by Crippen LogP contribution is -2.53. The third-order valence-electron chi connectivity index (χ3n) is 5.66. The number of rotatable bonds is 4. The zero-order valence-electron chi connectivity index (χ0n) is 16.3. The number of likely N-dealkylation sites (tertiary alicyclic amines) is 2. The fourth-order valence-corrected chi connectivity index (χ4v) is 4.13. The molecule has 142 valence electrons. The van der Waals surface area contributed by atoms with Gasteiger partial charge in [-0.25, -0.2) is 9.97 Å².